The molecule has 8 nitrogen and oxygen atoms in total. The summed E-state index contributed by atoms with van der Waals surface area (Å²) in [6.07, 6.45) is 1.38. The van der Waals surface area contributed by atoms with E-state index in [1.807, 2.05) is 31.2 Å². The van der Waals surface area contributed by atoms with E-state index in [1.165, 1.54) is 24.5 Å². The van der Waals surface area contributed by atoms with Crippen molar-refractivity contribution in [3.63, 3.8) is 0 Å². The van der Waals surface area contributed by atoms with Crippen LogP contribution in [0.2, 0.25) is 0 Å². The molecule has 0 aliphatic carbocycles. The lowest BCUT2D eigenvalue weighted by Crippen LogP contribution is -2.16. The topological polar surface area (TPSA) is 102 Å². The normalized spacial score (nSPS) is 10.8. The molecule has 0 aliphatic heterocycles. The van der Waals surface area contributed by atoms with Gasteiger partial charge in [-0.15, -0.1) is 5.10 Å². The fraction of sp³-hybridized carbons (Fsp3) is 0.130. The Hall–Kier alpha value is -4.27. The Bertz CT molecular complexity index is 1320. The number of nitrogens with zero attached hydrogens (tertiary/aromatic N) is 3. The van der Waals surface area contributed by atoms with Crippen molar-refractivity contribution in [1.29, 1.82) is 0 Å². The number of amides is 2. The highest BCUT2D eigenvalue weighted by Gasteiger charge is 2.19. The minimum absolute atomic E-state index is 0.0754. The zero-order chi connectivity index (χ0) is 22.8. The van der Waals surface area contributed by atoms with Gasteiger partial charge in [0.05, 0.1) is 28.9 Å². The Labute approximate surface area is 183 Å². The van der Waals surface area contributed by atoms with Gasteiger partial charge in [0.2, 0.25) is 0 Å². The van der Waals surface area contributed by atoms with E-state index in [-0.39, 0.29) is 11.4 Å². The van der Waals surface area contributed by atoms with E-state index in [0.717, 1.165) is 17.3 Å². The number of aryl methyl sites for hydroxylation is 2. The van der Waals surface area contributed by atoms with Crippen LogP contribution in [-0.4, -0.2) is 26.8 Å². The monoisotopic (exact) mass is 433 g/mol. The number of carbonyl (C=O) groups is 2. The molecule has 0 radical (unpaired) electrons. The quantitative estimate of drug-likeness (QED) is 0.485. The highest BCUT2D eigenvalue weighted by Crippen LogP contribution is 2.22. The van der Waals surface area contributed by atoms with E-state index < -0.39 is 17.6 Å². The molecule has 0 spiro atoms. The Kier molecular flexibility index (Phi) is 5.55. The van der Waals surface area contributed by atoms with E-state index in [9.17, 15) is 14.0 Å². The van der Waals surface area contributed by atoms with Crippen LogP contribution in [0.15, 0.2) is 59.2 Å². The van der Waals surface area contributed by atoms with Gasteiger partial charge >= 0.3 is 0 Å². The lowest BCUT2D eigenvalue weighted by molar-refractivity contribution is 0.101. The van der Waals surface area contributed by atoms with Crippen LogP contribution in [0.25, 0.3) is 5.69 Å². The second kappa shape index (κ2) is 8.46. The molecular weight excluding hydrogens is 413 g/mol. The summed E-state index contributed by atoms with van der Waals surface area (Å²) in [7, 11) is 0. The van der Waals surface area contributed by atoms with Crippen LogP contribution in [0.5, 0.6) is 0 Å². The summed E-state index contributed by atoms with van der Waals surface area (Å²) < 4.78 is 20.9. The second-order valence-electron chi connectivity index (χ2n) is 7.27. The fourth-order valence-corrected chi connectivity index (χ4v) is 3.24. The van der Waals surface area contributed by atoms with Crippen LogP contribution in [0.4, 0.5) is 15.8 Å². The SMILES string of the molecule is Cc1cccc(-n2nnc(C(=O)Nc3ccc(F)c(NC(=O)c4ccoc4C)c3)c2C)c1. The molecule has 0 atom stereocenters. The molecule has 9 heteroatoms. The minimum Gasteiger partial charge on any atom is -0.469 e. The maximum absolute atomic E-state index is 14.2. The second-order valence-corrected chi connectivity index (χ2v) is 7.27. The van der Waals surface area contributed by atoms with E-state index >= 15 is 0 Å². The number of aromatic nitrogens is 3. The molecule has 0 saturated carbocycles. The van der Waals surface area contributed by atoms with Crippen molar-refractivity contribution in [2.75, 3.05) is 10.6 Å². The van der Waals surface area contributed by atoms with Gasteiger partial charge < -0.3 is 15.1 Å². The van der Waals surface area contributed by atoms with Gasteiger partial charge in [0.25, 0.3) is 11.8 Å². The number of furan rings is 1. The Morgan fingerprint density at radius 1 is 1.00 bits per heavy atom. The first-order valence-corrected chi connectivity index (χ1v) is 9.79. The molecule has 2 aromatic heterocycles. The third-order valence-electron chi connectivity index (χ3n) is 4.93. The molecule has 2 N–H and O–H groups in total. The molecule has 0 unspecified atom stereocenters. The van der Waals surface area contributed by atoms with Crippen LogP contribution in [0.1, 0.15) is 37.9 Å². The lowest BCUT2D eigenvalue weighted by Gasteiger charge is -2.10. The summed E-state index contributed by atoms with van der Waals surface area (Å²) in [4.78, 5) is 25.1. The molecule has 0 saturated heterocycles. The summed E-state index contributed by atoms with van der Waals surface area (Å²) in [5, 5.41) is 13.2. The Balaban J connectivity index is 1.54. The van der Waals surface area contributed by atoms with Gasteiger partial charge in [0.1, 0.15) is 11.6 Å². The van der Waals surface area contributed by atoms with Gasteiger partial charge in [-0.3, -0.25) is 9.59 Å². The van der Waals surface area contributed by atoms with Gasteiger partial charge in [-0.1, -0.05) is 17.3 Å². The molecule has 2 amide bonds. The number of carbonyl (C=O) groups excluding carboxylic acids is 2. The summed E-state index contributed by atoms with van der Waals surface area (Å²) >= 11 is 0. The Morgan fingerprint density at radius 2 is 1.81 bits per heavy atom. The van der Waals surface area contributed by atoms with Crippen molar-refractivity contribution in [1.82, 2.24) is 15.0 Å². The van der Waals surface area contributed by atoms with Gasteiger partial charge in [-0.05, 0) is 62.7 Å². The molecule has 32 heavy (non-hydrogen) atoms. The van der Waals surface area contributed by atoms with E-state index in [0.29, 0.717) is 22.7 Å². The maximum atomic E-state index is 14.2. The number of nitrogens with one attached hydrogen (secondary N) is 2. The highest BCUT2D eigenvalue weighted by atomic mass is 19.1. The van der Waals surface area contributed by atoms with Crippen LogP contribution < -0.4 is 10.6 Å². The summed E-state index contributed by atoms with van der Waals surface area (Å²) in [6, 6.07) is 13.0. The van der Waals surface area contributed by atoms with Gasteiger partial charge in [0.15, 0.2) is 5.69 Å². The van der Waals surface area contributed by atoms with E-state index in [4.69, 9.17) is 4.42 Å². The maximum Gasteiger partial charge on any atom is 0.278 e. The number of benzene rings is 2. The zero-order valence-corrected chi connectivity index (χ0v) is 17.6. The molecule has 2 heterocycles. The number of halogens is 1. The fourth-order valence-electron chi connectivity index (χ4n) is 3.24. The van der Waals surface area contributed by atoms with Crippen LogP contribution in [0.3, 0.4) is 0 Å². The molecule has 0 fully saturated rings. The smallest absolute Gasteiger partial charge is 0.278 e. The molecule has 4 rings (SSSR count). The van der Waals surface area contributed by atoms with Crippen molar-refractivity contribution >= 4 is 23.2 Å². The predicted octanol–water partition coefficient (Wildman–Crippen LogP) is 4.43. The summed E-state index contributed by atoms with van der Waals surface area (Å²) in [5.41, 5.74) is 3.04. The first-order chi connectivity index (χ1) is 15.3. The minimum atomic E-state index is -0.640. The van der Waals surface area contributed by atoms with E-state index in [1.54, 1.807) is 18.5 Å². The van der Waals surface area contributed by atoms with Gasteiger partial charge in [-0.2, -0.15) is 0 Å². The van der Waals surface area contributed by atoms with Crippen molar-refractivity contribution in [3.05, 3.63) is 88.9 Å². The molecule has 0 aliphatic rings. The van der Waals surface area contributed by atoms with Crippen LogP contribution in [-0.2, 0) is 0 Å². The predicted molar refractivity (Wildman–Crippen MR) is 117 cm³/mol. The third kappa shape index (κ3) is 4.13. The molecule has 4 aromatic rings. The van der Waals surface area contributed by atoms with Crippen molar-refractivity contribution < 1.29 is 18.4 Å². The van der Waals surface area contributed by atoms with Crippen LogP contribution >= 0.6 is 0 Å². The Morgan fingerprint density at radius 3 is 2.53 bits per heavy atom. The average molecular weight is 433 g/mol. The van der Waals surface area contributed by atoms with Crippen LogP contribution in [0, 0.1) is 26.6 Å². The number of hydrogen-bond donors (Lipinski definition) is 2. The van der Waals surface area contributed by atoms with Gasteiger partial charge in [-0.25, -0.2) is 9.07 Å². The van der Waals surface area contributed by atoms with Gasteiger partial charge in [0, 0.05) is 5.69 Å². The van der Waals surface area contributed by atoms with Crippen molar-refractivity contribution in [2.45, 2.75) is 20.8 Å². The summed E-state index contributed by atoms with van der Waals surface area (Å²) in [5.74, 6) is -1.25. The highest BCUT2D eigenvalue weighted by molar-refractivity contribution is 6.06. The number of anilines is 2. The first kappa shape index (κ1) is 21.0. The third-order valence-corrected chi connectivity index (χ3v) is 4.93. The lowest BCUT2D eigenvalue weighted by atomic mass is 10.2. The largest absolute Gasteiger partial charge is 0.469 e. The van der Waals surface area contributed by atoms with E-state index in [2.05, 4.69) is 20.9 Å². The zero-order valence-electron chi connectivity index (χ0n) is 17.6. The average Bonchev–Trinajstić information content (AvgIpc) is 3.36. The molecule has 162 valence electrons. The number of hydrogen-bond acceptors (Lipinski definition) is 5. The molecule has 0 bridgehead atoms. The standard InChI is InChI=1S/C23H20FN5O3/c1-13-5-4-6-17(11-13)29-14(2)21(27-28-29)23(31)25-16-7-8-19(24)20(12-16)26-22(30)18-9-10-32-15(18)3/h4-12H,1-3H3,(H,25,31)(H,26,30). The molecular formula is C23H20FN5O3. The summed E-state index contributed by atoms with van der Waals surface area (Å²) in [6.45, 7) is 5.33. The van der Waals surface area contributed by atoms with Crippen molar-refractivity contribution in [2.24, 2.45) is 0 Å². The first-order valence-electron chi connectivity index (χ1n) is 9.79. The van der Waals surface area contributed by atoms with Crippen molar-refractivity contribution in [3.8, 4) is 5.69 Å². The number of rotatable bonds is 5. The molecule has 2 aromatic carbocycles.